The molecule has 0 bridgehead atoms. The standard InChI is InChI=1S/C17H21NO/c1-13-8-9-14(2)16(12-13)17(19-11-10-18)15-6-4-3-5-7-15/h3-9,12,17H,10-11,18H2,1-2H3. The third-order valence-corrected chi connectivity index (χ3v) is 3.22. The molecule has 0 aliphatic carbocycles. The second-order valence-electron chi connectivity index (χ2n) is 4.81. The van der Waals surface area contributed by atoms with Crippen molar-refractivity contribution in [3.63, 3.8) is 0 Å². The molecule has 2 heteroatoms. The van der Waals surface area contributed by atoms with Crippen molar-refractivity contribution in [3.05, 3.63) is 70.8 Å². The highest BCUT2D eigenvalue weighted by Gasteiger charge is 2.16. The van der Waals surface area contributed by atoms with E-state index in [-0.39, 0.29) is 6.10 Å². The van der Waals surface area contributed by atoms with E-state index in [9.17, 15) is 0 Å². The van der Waals surface area contributed by atoms with E-state index < -0.39 is 0 Å². The summed E-state index contributed by atoms with van der Waals surface area (Å²) in [7, 11) is 0. The Morgan fingerprint density at radius 3 is 2.47 bits per heavy atom. The summed E-state index contributed by atoms with van der Waals surface area (Å²) in [6.07, 6.45) is -0.0374. The molecule has 0 aromatic heterocycles. The van der Waals surface area contributed by atoms with Crippen LogP contribution in [0.3, 0.4) is 0 Å². The highest BCUT2D eigenvalue weighted by atomic mass is 16.5. The number of aryl methyl sites for hydroxylation is 2. The van der Waals surface area contributed by atoms with E-state index in [4.69, 9.17) is 10.5 Å². The van der Waals surface area contributed by atoms with Gasteiger partial charge in [0.25, 0.3) is 0 Å². The maximum absolute atomic E-state index is 5.97. The van der Waals surface area contributed by atoms with Gasteiger partial charge >= 0.3 is 0 Å². The lowest BCUT2D eigenvalue weighted by Crippen LogP contribution is -2.14. The van der Waals surface area contributed by atoms with Gasteiger partial charge in [0.2, 0.25) is 0 Å². The quantitative estimate of drug-likeness (QED) is 0.889. The minimum atomic E-state index is -0.0374. The normalized spacial score (nSPS) is 12.4. The third-order valence-electron chi connectivity index (χ3n) is 3.22. The molecule has 0 fully saturated rings. The summed E-state index contributed by atoms with van der Waals surface area (Å²) in [5, 5.41) is 0. The first kappa shape index (κ1) is 13.8. The number of nitrogens with two attached hydrogens (primary N) is 1. The van der Waals surface area contributed by atoms with Crippen molar-refractivity contribution in [1.82, 2.24) is 0 Å². The van der Waals surface area contributed by atoms with Crippen molar-refractivity contribution in [3.8, 4) is 0 Å². The van der Waals surface area contributed by atoms with E-state index in [1.807, 2.05) is 18.2 Å². The zero-order valence-electron chi connectivity index (χ0n) is 11.6. The summed E-state index contributed by atoms with van der Waals surface area (Å²) < 4.78 is 5.97. The van der Waals surface area contributed by atoms with Crippen LogP contribution in [-0.2, 0) is 4.74 Å². The first-order valence-electron chi connectivity index (χ1n) is 6.66. The molecular weight excluding hydrogens is 234 g/mol. The monoisotopic (exact) mass is 255 g/mol. The van der Waals surface area contributed by atoms with Crippen molar-refractivity contribution in [2.45, 2.75) is 20.0 Å². The molecule has 2 rings (SSSR count). The number of hydrogen-bond donors (Lipinski definition) is 1. The Balaban J connectivity index is 2.40. The molecule has 1 atom stereocenters. The summed E-state index contributed by atoms with van der Waals surface area (Å²) in [6.45, 7) is 5.32. The topological polar surface area (TPSA) is 35.2 Å². The number of hydrogen-bond acceptors (Lipinski definition) is 2. The molecule has 0 heterocycles. The van der Waals surface area contributed by atoms with Crippen molar-refractivity contribution in [1.29, 1.82) is 0 Å². The van der Waals surface area contributed by atoms with Crippen LogP contribution in [0.1, 0.15) is 28.4 Å². The van der Waals surface area contributed by atoms with Crippen molar-refractivity contribution < 1.29 is 4.74 Å². The molecule has 19 heavy (non-hydrogen) atoms. The van der Waals surface area contributed by atoms with Gasteiger partial charge in [0.1, 0.15) is 6.10 Å². The fourth-order valence-corrected chi connectivity index (χ4v) is 2.22. The molecule has 0 spiro atoms. The summed E-state index contributed by atoms with van der Waals surface area (Å²) >= 11 is 0. The molecule has 0 saturated carbocycles. The summed E-state index contributed by atoms with van der Waals surface area (Å²) in [5.74, 6) is 0. The SMILES string of the molecule is Cc1ccc(C)c(C(OCCN)c2ccccc2)c1. The average Bonchev–Trinajstić information content (AvgIpc) is 2.44. The van der Waals surface area contributed by atoms with Crippen LogP contribution in [0.4, 0.5) is 0 Å². The van der Waals surface area contributed by atoms with Crippen LogP contribution >= 0.6 is 0 Å². The van der Waals surface area contributed by atoms with Crippen LogP contribution in [0.5, 0.6) is 0 Å². The molecule has 1 unspecified atom stereocenters. The highest BCUT2D eigenvalue weighted by Crippen LogP contribution is 2.29. The van der Waals surface area contributed by atoms with Gasteiger partial charge in [0.15, 0.2) is 0 Å². The largest absolute Gasteiger partial charge is 0.367 e. The van der Waals surface area contributed by atoms with Gasteiger partial charge < -0.3 is 10.5 Å². The number of benzene rings is 2. The second kappa shape index (κ2) is 6.50. The Morgan fingerprint density at radius 1 is 1.05 bits per heavy atom. The van der Waals surface area contributed by atoms with Gasteiger partial charge in [0, 0.05) is 6.54 Å². The average molecular weight is 255 g/mol. The molecule has 2 nitrogen and oxygen atoms in total. The fraction of sp³-hybridized carbons (Fsp3) is 0.294. The second-order valence-corrected chi connectivity index (χ2v) is 4.81. The number of rotatable bonds is 5. The predicted octanol–water partition coefficient (Wildman–Crippen LogP) is 3.37. The van der Waals surface area contributed by atoms with Gasteiger partial charge in [-0.25, -0.2) is 0 Å². The van der Waals surface area contributed by atoms with Crippen LogP contribution in [0.15, 0.2) is 48.5 Å². The Labute approximate surface area is 115 Å². The van der Waals surface area contributed by atoms with E-state index in [0.717, 1.165) is 0 Å². The summed E-state index contributed by atoms with van der Waals surface area (Å²) in [6, 6.07) is 16.8. The molecular formula is C17H21NO. The molecule has 100 valence electrons. The first-order chi connectivity index (χ1) is 9.22. The van der Waals surface area contributed by atoms with Gasteiger partial charge in [-0.2, -0.15) is 0 Å². The number of ether oxygens (including phenoxy) is 1. The zero-order valence-corrected chi connectivity index (χ0v) is 11.6. The van der Waals surface area contributed by atoms with Crippen LogP contribution in [-0.4, -0.2) is 13.2 Å². The van der Waals surface area contributed by atoms with Gasteiger partial charge in [-0.1, -0.05) is 54.1 Å². The Kier molecular flexibility index (Phi) is 4.72. The molecule has 0 aliphatic rings. The minimum absolute atomic E-state index is 0.0374. The van der Waals surface area contributed by atoms with Gasteiger partial charge in [-0.3, -0.25) is 0 Å². The molecule has 0 aliphatic heterocycles. The van der Waals surface area contributed by atoms with E-state index in [1.165, 1.54) is 22.3 Å². The van der Waals surface area contributed by atoms with E-state index in [1.54, 1.807) is 0 Å². The van der Waals surface area contributed by atoms with Gasteiger partial charge in [-0.05, 0) is 30.5 Å². The van der Waals surface area contributed by atoms with E-state index in [2.05, 4.69) is 44.2 Å². The minimum Gasteiger partial charge on any atom is -0.367 e. The van der Waals surface area contributed by atoms with Gasteiger partial charge in [0.05, 0.1) is 6.61 Å². The highest BCUT2D eigenvalue weighted by molar-refractivity contribution is 5.38. The Hall–Kier alpha value is -1.64. The van der Waals surface area contributed by atoms with Crippen molar-refractivity contribution >= 4 is 0 Å². The summed E-state index contributed by atoms with van der Waals surface area (Å²) in [5.41, 5.74) is 10.5. The maximum Gasteiger partial charge on any atom is 0.108 e. The van der Waals surface area contributed by atoms with Crippen LogP contribution in [0.25, 0.3) is 0 Å². The van der Waals surface area contributed by atoms with E-state index in [0.29, 0.717) is 13.2 Å². The van der Waals surface area contributed by atoms with Crippen molar-refractivity contribution in [2.75, 3.05) is 13.2 Å². The van der Waals surface area contributed by atoms with E-state index >= 15 is 0 Å². The smallest absolute Gasteiger partial charge is 0.108 e. The van der Waals surface area contributed by atoms with Crippen LogP contribution in [0.2, 0.25) is 0 Å². The van der Waals surface area contributed by atoms with Crippen molar-refractivity contribution in [2.24, 2.45) is 5.73 Å². The predicted molar refractivity (Wildman–Crippen MR) is 79.2 cm³/mol. The third kappa shape index (κ3) is 3.43. The fourth-order valence-electron chi connectivity index (χ4n) is 2.22. The Bertz CT molecular complexity index is 522. The molecule has 2 aromatic rings. The lowest BCUT2D eigenvalue weighted by atomic mass is 9.95. The molecule has 0 saturated heterocycles. The zero-order chi connectivity index (χ0) is 13.7. The lowest BCUT2D eigenvalue weighted by Gasteiger charge is -2.21. The molecule has 2 aromatic carbocycles. The first-order valence-corrected chi connectivity index (χ1v) is 6.66. The Morgan fingerprint density at radius 2 is 1.79 bits per heavy atom. The maximum atomic E-state index is 5.97. The molecule has 0 amide bonds. The van der Waals surface area contributed by atoms with Gasteiger partial charge in [-0.15, -0.1) is 0 Å². The summed E-state index contributed by atoms with van der Waals surface area (Å²) in [4.78, 5) is 0. The molecule has 0 radical (unpaired) electrons. The molecule has 2 N–H and O–H groups in total. The van der Waals surface area contributed by atoms with Crippen LogP contribution < -0.4 is 5.73 Å². The van der Waals surface area contributed by atoms with Crippen LogP contribution in [0, 0.1) is 13.8 Å². The lowest BCUT2D eigenvalue weighted by molar-refractivity contribution is 0.0860.